The summed E-state index contributed by atoms with van der Waals surface area (Å²) < 4.78 is 1.89. The van der Waals surface area contributed by atoms with E-state index in [1.165, 1.54) is 25.7 Å². The molecule has 1 aromatic heterocycles. The second-order valence-electron chi connectivity index (χ2n) is 6.70. The Hall–Kier alpha value is -0.790. The summed E-state index contributed by atoms with van der Waals surface area (Å²) in [6, 6.07) is 2.03. The molecule has 6 heteroatoms. The molecule has 5 nitrogen and oxygen atoms in total. The molecule has 1 N–H and O–H groups in total. The number of aliphatic imine (C=N–C) groups is 1. The van der Waals surface area contributed by atoms with Crippen LogP contribution in [0.25, 0.3) is 0 Å². The van der Waals surface area contributed by atoms with Crippen molar-refractivity contribution >= 4 is 29.9 Å². The van der Waals surface area contributed by atoms with E-state index in [-0.39, 0.29) is 24.0 Å². The highest BCUT2D eigenvalue weighted by atomic mass is 127. The SMILES string of the molecule is CCCC1(C)CCCN(C(=NCc2ccnn2C)NCC)C1.I. The molecule has 1 fully saturated rings. The molecule has 0 saturated carbocycles. The number of aryl methyl sites for hydroxylation is 1. The van der Waals surface area contributed by atoms with Crippen LogP contribution in [0.2, 0.25) is 0 Å². The van der Waals surface area contributed by atoms with Gasteiger partial charge in [0.05, 0.1) is 12.2 Å². The molecule has 0 spiro atoms. The van der Waals surface area contributed by atoms with E-state index < -0.39 is 0 Å². The Morgan fingerprint density at radius 1 is 1.43 bits per heavy atom. The van der Waals surface area contributed by atoms with Gasteiger partial charge in [0.1, 0.15) is 0 Å². The lowest BCUT2D eigenvalue weighted by Crippen LogP contribution is -2.49. The van der Waals surface area contributed by atoms with E-state index in [9.17, 15) is 0 Å². The largest absolute Gasteiger partial charge is 0.357 e. The predicted molar refractivity (Wildman–Crippen MR) is 107 cm³/mol. The summed E-state index contributed by atoms with van der Waals surface area (Å²) in [4.78, 5) is 7.28. The monoisotopic (exact) mass is 433 g/mol. The minimum absolute atomic E-state index is 0. The van der Waals surface area contributed by atoms with Crippen LogP contribution in [0.4, 0.5) is 0 Å². The maximum atomic E-state index is 4.84. The highest BCUT2D eigenvalue weighted by Gasteiger charge is 2.31. The maximum absolute atomic E-state index is 4.84. The summed E-state index contributed by atoms with van der Waals surface area (Å²) in [6.45, 7) is 10.6. The van der Waals surface area contributed by atoms with Gasteiger partial charge in [0.15, 0.2) is 5.96 Å². The lowest BCUT2D eigenvalue weighted by Gasteiger charge is -2.42. The first-order valence-corrected chi connectivity index (χ1v) is 8.58. The van der Waals surface area contributed by atoms with Crippen LogP contribution in [0.3, 0.4) is 0 Å². The Kier molecular flexibility index (Phi) is 8.36. The van der Waals surface area contributed by atoms with Crippen LogP contribution in [0.1, 0.15) is 52.1 Å². The second-order valence-corrected chi connectivity index (χ2v) is 6.70. The van der Waals surface area contributed by atoms with Gasteiger partial charge in [0.2, 0.25) is 0 Å². The first-order valence-electron chi connectivity index (χ1n) is 8.58. The van der Waals surface area contributed by atoms with Crippen molar-refractivity contribution in [2.45, 2.75) is 53.0 Å². The van der Waals surface area contributed by atoms with Crippen LogP contribution in [0.5, 0.6) is 0 Å². The van der Waals surface area contributed by atoms with E-state index in [0.717, 1.165) is 31.3 Å². The molecule has 1 atom stereocenters. The Morgan fingerprint density at radius 2 is 2.22 bits per heavy atom. The molecule has 132 valence electrons. The van der Waals surface area contributed by atoms with Crippen LogP contribution in [-0.4, -0.2) is 40.3 Å². The molecule has 0 aromatic carbocycles. The fraction of sp³-hybridized carbons (Fsp3) is 0.765. The van der Waals surface area contributed by atoms with Crippen molar-refractivity contribution < 1.29 is 0 Å². The van der Waals surface area contributed by atoms with Gasteiger partial charge in [-0.25, -0.2) is 4.99 Å². The van der Waals surface area contributed by atoms with Gasteiger partial charge in [-0.1, -0.05) is 20.3 Å². The van der Waals surface area contributed by atoms with Crippen LogP contribution < -0.4 is 5.32 Å². The molecule has 1 aromatic rings. The molecule has 23 heavy (non-hydrogen) atoms. The normalized spacial score (nSPS) is 21.9. The van der Waals surface area contributed by atoms with Crippen molar-refractivity contribution in [3.8, 4) is 0 Å². The average Bonchev–Trinajstić information content (AvgIpc) is 2.89. The van der Waals surface area contributed by atoms with Crippen molar-refractivity contribution in [1.82, 2.24) is 20.0 Å². The number of guanidine groups is 1. The Bertz CT molecular complexity index is 495. The molecule has 0 radical (unpaired) electrons. The number of halogens is 1. The quantitative estimate of drug-likeness (QED) is 0.440. The fourth-order valence-electron chi connectivity index (χ4n) is 3.44. The molecule has 1 unspecified atom stereocenters. The van der Waals surface area contributed by atoms with Gasteiger partial charge < -0.3 is 10.2 Å². The van der Waals surface area contributed by atoms with Gasteiger partial charge in [-0.2, -0.15) is 5.10 Å². The number of piperidine rings is 1. The molecular weight excluding hydrogens is 401 g/mol. The van der Waals surface area contributed by atoms with Crippen LogP contribution in [-0.2, 0) is 13.6 Å². The third-order valence-electron chi connectivity index (χ3n) is 4.58. The van der Waals surface area contributed by atoms with Gasteiger partial charge >= 0.3 is 0 Å². The number of rotatable bonds is 5. The van der Waals surface area contributed by atoms with Crippen molar-refractivity contribution in [2.24, 2.45) is 17.5 Å². The molecule has 1 aliphatic heterocycles. The number of nitrogens with one attached hydrogen (secondary N) is 1. The van der Waals surface area contributed by atoms with Gasteiger partial charge in [-0.15, -0.1) is 24.0 Å². The number of aromatic nitrogens is 2. The fourth-order valence-corrected chi connectivity index (χ4v) is 3.44. The predicted octanol–water partition coefficient (Wildman–Crippen LogP) is 3.41. The summed E-state index contributed by atoms with van der Waals surface area (Å²) in [5, 5.41) is 7.67. The van der Waals surface area contributed by atoms with Gasteiger partial charge in [0, 0.05) is 32.9 Å². The van der Waals surface area contributed by atoms with E-state index in [0.29, 0.717) is 12.0 Å². The van der Waals surface area contributed by atoms with Crippen LogP contribution >= 0.6 is 24.0 Å². The molecular formula is C17H32IN5. The second kappa shape index (κ2) is 9.49. The van der Waals surface area contributed by atoms with E-state index in [1.807, 2.05) is 24.0 Å². The zero-order chi connectivity index (χ0) is 16.0. The Labute approximate surface area is 157 Å². The third-order valence-corrected chi connectivity index (χ3v) is 4.58. The van der Waals surface area contributed by atoms with Crippen molar-refractivity contribution in [3.63, 3.8) is 0 Å². The van der Waals surface area contributed by atoms with Crippen molar-refractivity contribution in [2.75, 3.05) is 19.6 Å². The third kappa shape index (κ3) is 5.65. The number of hydrogen-bond acceptors (Lipinski definition) is 2. The minimum atomic E-state index is 0. The van der Waals surface area contributed by atoms with Crippen molar-refractivity contribution in [1.29, 1.82) is 0 Å². The smallest absolute Gasteiger partial charge is 0.194 e. The highest BCUT2D eigenvalue weighted by molar-refractivity contribution is 14.0. The molecule has 0 aliphatic carbocycles. The average molecular weight is 433 g/mol. The van der Waals surface area contributed by atoms with E-state index in [2.05, 4.69) is 36.1 Å². The molecule has 1 aliphatic rings. The number of hydrogen-bond donors (Lipinski definition) is 1. The molecule has 2 rings (SSSR count). The molecule has 0 amide bonds. The topological polar surface area (TPSA) is 45.5 Å². The minimum Gasteiger partial charge on any atom is -0.357 e. The Morgan fingerprint density at radius 3 is 2.83 bits per heavy atom. The summed E-state index contributed by atoms with van der Waals surface area (Å²) in [7, 11) is 1.97. The molecule has 2 heterocycles. The summed E-state index contributed by atoms with van der Waals surface area (Å²) in [6.07, 6.45) is 6.97. The highest BCUT2D eigenvalue weighted by Crippen LogP contribution is 2.33. The standard InChI is InChI=1S/C17H31N5.HI/c1-5-9-17(3)10-7-12-22(14-17)16(18-6-2)19-13-15-8-11-20-21(15)4;/h8,11H,5-7,9-10,12-14H2,1-4H3,(H,18,19);1H. The summed E-state index contributed by atoms with van der Waals surface area (Å²) in [5.41, 5.74) is 1.57. The van der Waals surface area contributed by atoms with E-state index >= 15 is 0 Å². The van der Waals surface area contributed by atoms with Crippen LogP contribution in [0, 0.1) is 5.41 Å². The van der Waals surface area contributed by atoms with E-state index in [4.69, 9.17) is 4.99 Å². The lowest BCUT2D eigenvalue weighted by molar-refractivity contribution is 0.142. The number of likely N-dealkylation sites (tertiary alicyclic amines) is 1. The zero-order valence-electron chi connectivity index (χ0n) is 15.0. The maximum Gasteiger partial charge on any atom is 0.194 e. The summed E-state index contributed by atoms with van der Waals surface area (Å²) >= 11 is 0. The van der Waals surface area contributed by atoms with E-state index in [1.54, 1.807) is 0 Å². The first kappa shape index (κ1) is 20.3. The molecule has 1 saturated heterocycles. The first-order chi connectivity index (χ1) is 10.6. The van der Waals surface area contributed by atoms with Gasteiger partial charge in [0.25, 0.3) is 0 Å². The lowest BCUT2D eigenvalue weighted by atomic mass is 9.78. The number of nitrogens with zero attached hydrogens (tertiary/aromatic N) is 4. The van der Waals surface area contributed by atoms with Crippen LogP contribution in [0.15, 0.2) is 17.3 Å². The molecule has 0 bridgehead atoms. The van der Waals surface area contributed by atoms with Gasteiger partial charge in [-0.05, 0) is 37.7 Å². The Balaban J connectivity index is 0.00000264. The van der Waals surface area contributed by atoms with Gasteiger partial charge in [-0.3, -0.25) is 4.68 Å². The summed E-state index contributed by atoms with van der Waals surface area (Å²) in [5.74, 6) is 1.05. The van der Waals surface area contributed by atoms with Crippen molar-refractivity contribution in [3.05, 3.63) is 18.0 Å². The zero-order valence-corrected chi connectivity index (χ0v) is 17.3.